The summed E-state index contributed by atoms with van der Waals surface area (Å²) in [6.07, 6.45) is 0.126. The molecule has 5 nitrogen and oxygen atoms in total. The second-order valence-electron chi connectivity index (χ2n) is 6.11. The van der Waals surface area contributed by atoms with Crippen LogP contribution in [0.4, 0.5) is 0 Å². The van der Waals surface area contributed by atoms with E-state index < -0.39 is 18.0 Å². The van der Waals surface area contributed by atoms with Crippen molar-refractivity contribution in [2.75, 3.05) is 25.6 Å². The first-order valence-electron chi connectivity index (χ1n) is 8.76. The fraction of sp³-hybridized carbons (Fsp3) is 0.333. The second-order valence-corrected chi connectivity index (χ2v) is 6.61. The average molecular weight is 389 g/mol. The lowest BCUT2D eigenvalue weighted by molar-refractivity contribution is -0.143. The zero-order valence-corrected chi connectivity index (χ0v) is 16.4. The van der Waals surface area contributed by atoms with Gasteiger partial charge in [-0.15, -0.1) is 0 Å². The summed E-state index contributed by atoms with van der Waals surface area (Å²) in [6.45, 7) is 5.68. The Kier molecular flexibility index (Phi) is 8.36. The molecular formula is C21H25O5S+. The Morgan fingerprint density at radius 2 is 1.85 bits per heavy atom. The molecule has 0 aromatic heterocycles. The van der Waals surface area contributed by atoms with Gasteiger partial charge in [0.15, 0.2) is 6.10 Å². The quantitative estimate of drug-likeness (QED) is 0.271. The first kappa shape index (κ1) is 21.0. The van der Waals surface area contributed by atoms with Gasteiger partial charge in [-0.05, 0) is 36.4 Å². The Labute approximate surface area is 164 Å². The van der Waals surface area contributed by atoms with E-state index >= 15 is 0 Å². The molecule has 1 atom stereocenters. The molecule has 2 aromatic rings. The van der Waals surface area contributed by atoms with Gasteiger partial charge in [-0.1, -0.05) is 43.0 Å². The number of hydrogen-bond acceptors (Lipinski definition) is 5. The van der Waals surface area contributed by atoms with Crippen molar-refractivity contribution in [3.05, 3.63) is 60.2 Å². The Hall–Kier alpha value is -2.31. The first-order valence-corrected chi connectivity index (χ1v) is 9.47. The highest BCUT2D eigenvalue weighted by atomic mass is 32.1. The third kappa shape index (κ3) is 6.41. The normalized spacial score (nSPS) is 11.8. The summed E-state index contributed by atoms with van der Waals surface area (Å²) in [5.41, 5.74) is 0.749. The number of benzene rings is 2. The van der Waals surface area contributed by atoms with Crippen molar-refractivity contribution < 1.29 is 23.8 Å². The molecule has 2 aromatic carbocycles. The van der Waals surface area contributed by atoms with Crippen molar-refractivity contribution in [2.45, 2.75) is 19.4 Å². The van der Waals surface area contributed by atoms with Crippen LogP contribution in [0.5, 0.6) is 0 Å². The highest BCUT2D eigenvalue weighted by Gasteiger charge is 2.20. The molecule has 144 valence electrons. The summed E-state index contributed by atoms with van der Waals surface area (Å²) in [5.74, 6) is -0.196. The average Bonchev–Trinajstić information content (AvgIpc) is 2.68. The number of carbonyl (C=O) groups excluding carboxylic acids is 2. The van der Waals surface area contributed by atoms with E-state index in [0.717, 1.165) is 22.9 Å². The summed E-state index contributed by atoms with van der Waals surface area (Å²) in [5, 5.41) is 1.76. The molecule has 0 saturated carbocycles. The molecule has 0 aliphatic carbocycles. The minimum atomic E-state index is -0.700. The van der Waals surface area contributed by atoms with Gasteiger partial charge in [0.2, 0.25) is 0 Å². The summed E-state index contributed by atoms with van der Waals surface area (Å²) in [4.78, 5) is 24.3. The van der Waals surface area contributed by atoms with Crippen LogP contribution in [0.25, 0.3) is 10.8 Å². The predicted octanol–water partition coefficient (Wildman–Crippen LogP) is 2.90. The number of rotatable bonds is 10. The monoisotopic (exact) mass is 389 g/mol. The first-order chi connectivity index (χ1) is 13.0. The van der Waals surface area contributed by atoms with Crippen molar-refractivity contribution in [1.29, 1.82) is 0 Å². The Morgan fingerprint density at radius 1 is 1.11 bits per heavy atom. The number of fused-ring (bicyclic) bond motifs is 1. The molecule has 0 N–H and O–H groups in total. The Morgan fingerprint density at radius 3 is 2.59 bits per heavy atom. The summed E-state index contributed by atoms with van der Waals surface area (Å²) in [7, 11) is 0. The van der Waals surface area contributed by atoms with Gasteiger partial charge in [-0.25, -0.2) is 9.59 Å². The van der Waals surface area contributed by atoms with Gasteiger partial charge in [0.25, 0.3) is 0 Å². The molecule has 0 aliphatic heterocycles. The number of hydrogen-bond donors (Lipinski definition) is 0. The van der Waals surface area contributed by atoms with Crippen LogP contribution in [0.3, 0.4) is 0 Å². The molecule has 0 fully saturated rings. The van der Waals surface area contributed by atoms with Crippen LogP contribution in [0, 0.1) is 0 Å². The molecule has 27 heavy (non-hydrogen) atoms. The maximum Gasteiger partial charge on any atom is 0.339 e. The fourth-order valence-electron chi connectivity index (χ4n) is 2.42. The van der Waals surface area contributed by atoms with Gasteiger partial charge in [0.05, 0.1) is 18.8 Å². The van der Waals surface area contributed by atoms with Gasteiger partial charge in [-0.2, -0.15) is 0 Å². The zero-order valence-electron chi connectivity index (χ0n) is 15.4. The molecule has 1 unspecified atom stereocenters. The third-order valence-electron chi connectivity index (χ3n) is 3.80. The van der Waals surface area contributed by atoms with Gasteiger partial charge in [0.1, 0.15) is 12.4 Å². The van der Waals surface area contributed by atoms with Crippen LogP contribution >= 0.6 is 0 Å². The van der Waals surface area contributed by atoms with Crippen LogP contribution in [0.15, 0.2) is 54.6 Å². The lowest BCUT2D eigenvalue weighted by atomic mass is 10.0. The summed E-state index contributed by atoms with van der Waals surface area (Å²) >= 11 is 3.38. The van der Waals surface area contributed by atoms with Crippen molar-refractivity contribution in [2.24, 2.45) is 0 Å². The highest BCUT2D eigenvalue weighted by molar-refractivity contribution is 7.58. The molecule has 0 spiro atoms. The van der Waals surface area contributed by atoms with Crippen LogP contribution in [0.1, 0.15) is 23.7 Å². The van der Waals surface area contributed by atoms with Gasteiger partial charge in [-0.3, -0.25) is 0 Å². The number of esters is 2. The molecule has 0 radical (unpaired) electrons. The molecule has 0 bridgehead atoms. The van der Waals surface area contributed by atoms with Gasteiger partial charge < -0.3 is 14.2 Å². The standard InChI is InChI=1S/C21H24O5S/c1-15(2)20(22)25-14-17(13-24-11-6-12-27)26-21(23)19-10-5-8-16-7-3-4-9-18(16)19/h3-5,7-10,17,27H,1,6,11-14H2,2H3/p+1. The van der Waals surface area contributed by atoms with E-state index in [1.807, 2.05) is 30.3 Å². The van der Waals surface area contributed by atoms with Gasteiger partial charge >= 0.3 is 11.9 Å². The molecule has 0 amide bonds. The fourth-order valence-corrected chi connectivity index (χ4v) is 2.56. The third-order valence-corrected chi connectivity index (χ3v) is 4.15. The van der Waals surface area contributed by atoms with E-state index in [9.17, 15) is 9.59 Å². The zero-order chi connectivity index (χ0) is 19.6. The maximum absolute atomic E-state index is 12.7. The maximum atomic E-state index is 12.7. The summed E-state index contributed by atoms with van der Waals surface area (Å²) in [6, 6.07) is 13.0. The Balaban J connectivity index is 2.08. The Bertz CT molecular complexity index is 797. The predicted molar refractivity (Wildman–Crippen MR) is 109 cm³/mol. The SMILES string of the molecule is C=C(C)C(=O)OCC(COCCC[SH2+])OC(=O)c1cccc2ccccc12. The van der Waals surface area contributed by atoms with Gasteiger partial charge in [0, 0.05) is 12.0 Å². The van der Waals surface area contributed by atoms with E-state index in [1.165, 1.54) is 0 Å². The lowest BCUT2D eigenvalue weighted by Crippen LogP contribution is -2.30. The minimum absolute atomic E-state index is 0.0872. The van der Waals surface area contributed by atoms with E-state index in [2.05, 4.69) is 19.2 Å². The van der Waals surface area contributed by atoms with E-state index in [4.69, 9.17) is 14.2 Å². The molecule has 0 aliphatic rings. The number of carbonyl (C=O) groups is 2. The molecule has 0 heterocycles. The highest BCUT2D eigenvalue weighted by Crippen LogP contribution is 2.20. The van der Waals surface area contributed by atoms with Crippen LogP contribution in [-0.2, 0) is 31.6 Å². The largest absolute Gasteiger partial charge is 0.458 e. The van der Waals surface area contributed by atoms with E-state index in [-0.39, 0.29) is 18.8 Å². The van der Waals surface area contributed by atoms with Crippen LogP contribution < -0.4 is 0 Å². The summed E-state index contributed by atoms with van der Waals surface area (Å²) < 4.78 is 16.2. The molecular weight excluding hydrogens is 364 g/mol. The second kappa shape index (κ2) is 10.7. The smallest absolute Gasteiger partial charge is 0.339 e. The van der Waals surface area contributed by atoms with Crippen LogP contribution in [-0.4, -0.2) is 43.6 Å². The molecule has 2 rings (SSSR count). The van der Waals surface area contributed by atoms with E-state index in [0.29, 0.717) is 12.2 Å². The molecule has 6 heteroatoms. The van der Waals surface area contributed by atoms with Crippen molar-refractivity contribution in [3.8, 4) is 0 Å². The van der Waals surface area contributed by atoms with Crippen molar-refractivity contribution in [1.82, 2.24) is 0 Å². The van der Waals surface area contributed by atoms with E-state index in [1.54, 1.807) is 19.1 Å². The number of ether oxygens (including phenoxy) is 3. The van der Waals surface area contributed by atoms with Crippen molar-refractivity contribution >= 4 is 35.3 Å². The van der Waals surface area contributed by atoms with Crippen LogP contribution in [0.2, 0.25) is 0 Å². The topological polar surface area (TPSA) is 61.8 Å². The van der Waals surface area contributed by atoms with Crippen molar-refractivity contribution in [3.63, 3.8) is 0 Å². The lowest BCUT2D eigenvalue weighted by Gasteiger charge is -2.18. The molecule has 0 saturated heterocycles. The minimum Gasteiger partial charge on any atom is -0.458 e.